The van der Waals surface area contributed by atoms with E-state index in [1.165, 1.54) is 25.3 Å². The van der Waals surface area contributed by atoms with Crippen LogP contribution in [0.3, 0.4) is 0 Å². The molecule has 0 radical (unpaired) electrons. The summed E-state index contributed by atoms with van der Waals surface area (Å²) >= 11 is 0. The molecule has 0 heterocycles. The summed E-state index contributed by atoms with van der Waals surface area (Å²) in [7, 11) is 1.52. The maximum Gasteiger partial charge on any atom is 0.128 e. The number of hydrogen-bond donors (Lipinski definition) is 1. The molecule has 1 atom stereocenters. The van der Waals surface area contributed by atoms with E-state index in [-0.39, 0.29) is 11.6 Å². The molecule has 1 unspecified atom stereocenters. The van der Waals surface area contributed by atoms with Gasteiger partial charge in [-0.3, -0.25) is 0 Å². The molecule has 0 spiro atoms. The van der Waals surface area contributed by atoms with Crippen molar-refractivity contribution < 1.29 is 13.5 Å². The summed E-state index contributed by atoms with van der Waals surface area (Å²) in [5, 5.41) is 3.19. The number of nitrogens with one attached hydrogen (secondary N) is 1. The largest absolute Gasteiger partial charge is 0.496 e. The van der Waals surface area contributed by atoms with Crippen molar-refractivity contribution in [3.8, 4) is 5.75 Å². The van der Waals surface area contributed by atoms with Gasteiger partial charge in [-0.15, -0.1) is 0 Å². The zero-order valence-electron chi connectivity index (χ0n) is 12.4. The molecule has 2 nitrogen and oxygen atoms in total. The predicted octanol–water partition coefficient (Wildman–Crippen LogP) is 3.98. The summed E-state index contributed by atoms with van der Waals surface area (Å²) in [6.45, 7) is 4.38. The average Bonchev–Trinajstić information content (AvgIpc) is 2.45. The molecular formula is C17H19F2NO. The molecule has 4 heteroatoms. The zero-order valence-corrected chi connectivity index (χ0v) is 12.4. The van der Waals surface area contributed by atoms with Gasteiger partial charge in [0.15, 0.2) is 0 Å². The lowest BCUT2D eigenvalue weighted by molar-refractivity contribution is 0.401. The molecule has 0 fully saturated rings. The fourth-order valence-corrected chi connectivity index (χ4v) is 2.39. The number of aryl methyl sites for hydroxylation is 1. The maximum absolute atomic E-state index is 14.3. The average molecular weight is 291 g/mol. The second kappa shape index (κ2) is 6.68. The second-order valence-electron chi connectivity index (χ2n) is 4.90. The molecular weight excluding hydrogens is 272 g/mol. The van der Waals surface area contributed by atoms with Gasteiger partial charge in [-0.25, -0.2) is 8.78 Å². The van der Waals surface area contributed by atoms with Crippen LogP contribution in [0.5, 0.6) is 5.75 Å². The molecule has 2 aromatic carbocycles. The van der Waals surface area contributed by atoms with E-state index in [1.807, 2.05) is 19.9 Å². The van der Waals surface area contributed by atoms with E-state index in [2.05, 4.69) is 5.32 Å². The molecule has 2 rings (SSSR count). The standard InChI is InChI=1S/C17H19F2NO/c1-4-20-17(13-7-5-11(2)9-15(13)19)14-10-12(18)6-8-16(14)21-3/h5-10,17,20H,4H2,1-3H3. The predicted molar refractivity (Wildman–Crippen MR) is 79.6 cm³/mol. The Morgan fingerprint density at radius 1 is 1.10 bits per heavy atom. The highest BCUT2D eigenvalue weighted by molar-refractivity contribution is 5.43. The summed E-state index contributed by atoms with van der Waals surface area (Å²) in [6.07, 6.45) is 0. The van der Waals surface area contributed by atoms with Crippen LogP contribution in [-0.4, -0.2) is 13.7 Å². The van der Waals surface area contributed by atoms with Crippen molar-refractivity contribution in [2.24, 2.45) is 0 Å². The molecule has 1 N–H and O–H groups in total. The quantitative estimate of drug-likeness (QED) is 0.899. The molecule has 21 heavy (non-hydrogen) atoms. The molecule has 0 bridgehead atoms. The van der Waals surface area contributed by atoms with Gasteiger partial charge < -0.3 is 10.1 Å². The number of benzene rings is 2. The monoisotopic (exact) mass is 291 g/mol. The maximum atomic E-state index is 14.3. The van der Waals surface area contributed by atoms with Crippen LogP contribution in [0.15, 0.2) is 36.4 Å². The number of hydrogen-bond acceptors (Lipinski definition) is 2. The Kier molecular flexibility index (Phi) is 4.91. The first kappa shape index (κ1) is 15.4. The first-order valence-electron chi connectivity index (χ1n) is 6.89. The third kappa shape index (κ3) is 3.39. The van der Waals surface area contributed by atoms with Gasteiger partial charge in [0.05, 0.1) is 13.2 Å². The molecule has 0 aromatic heterocycles. The van der Waals surface area contributed by atoms with Crippen molar-refractivity contribution in [3.63, 3.8) is 0 Å². The summed E-state index contributed by atoms with van der Waals surface area (Å²) in [5.41, 5.74) is 1.91. The second-order valence-corrected chi connectivity index (χ2v) is 4.90. The highest BCUT2D eigenvalue weighted by atomic mass is 19.1. The molecule has 112 valence electrons. The summed E-state index contributed by atoms with van der Waals surface area (Å²) in [5.74, 6) is -0.157. The Bertz CT molecular complexity index is 628. The topological polar surface area (TPSA) is 21.3 Å². The van der Waals surface area contributed by atoms with Gasteiger partial charge in [-0.1, -0.05) is 19.1 Å². The lowest BCUT2D eigenvalue weighted by Crippen LogP contribution is -2.23. The van der Waals surface area contributed by atoms with E-state index >= 15 is 0 Å². The van der Waals surface area contributed by atoms with Gasteiger partial charge in [0.2, 0.25) is 0 Å². The van der Waals surface area contributed by atoms with Gasteiger partial charge in [-0.2, -0.15) is 0 Å². The fraction of sp³-hybridized carbons (Fsp3) is 0.294. The van der Waals surface area contributed by atoms with Gasteiger partial charge >= 0.3 is 0 Å². The van der Waals surface area contributed by atoms with Gasteiger partial charge in [0, 0.05) is 11.1 Å². The number of rotatable bonds is 5. The van der Waals surface area contributed by atoms with E-state index in [1.54, 1.807) is 12.1 Å². The van der Waals surface area contributed by atoms with Crippen molar-refractivity contribution in [1.82, 2.24) is 5.32 Å². The third-order valence-corrected chi connectivity index (χ3v) is 3.38. The van der Waals surface area contributed by atoms with E-state index in [4.69, 9.17) is 4.74 Å². The fourth-order valence-electron chi connectivity index (χ4n) is 2.39. The normalized spacial score (nSPS) is 12.2. The highest BCUT2D eigenvalue weighted by Crippen LogP contribution is 2.32. The van der Waals surface area contributed by atoms with E-state index in [9.17, 15) is 8.78 Å². The number of methoxy groups -OCH3 is 1. The van der Waals surface area contributed by atoms with E-state index < -0.39 is 6.04 Å². The van der Waals surface area contributed by atoms with Gasteiger partial charge in [-0.05, 0) is 43.3 Å². The lowest BCUT2D eigenvalue weighted by Gasteiger charge is -2.22. The third-order valence-electron chi connectivity index (χ3n) is 3.38. The number of halogens is 2. The van der Waals surface area contributed by atoms with Crippen LogP contribution < -0.4 is 10.1 Å². The van der Waals surface area contributed by atoms with Crippen LogP contribution >= 0.6 is 0 Å². The Labute approximate surface area is 123 Å². The van der Waals surface area contributed by atoms with Crippen molar-refractivity contribution in [1.29, 1.82) is 0 Å². The minimum atomic E-state index is -0.457. The summed E-state index contributed by atoms with van der Waals surface area (Å²) in [4.78, 5) is 0. The van der Waals surface area contributed by atoms with Crippen molar-refractivity contribution in [3.05, 3.63) is 64.7 Å². The number of ether oxygens (including phenoxy) is 1. The first-order valence-corrected chi connectivity index (χ1v) is 6.89. The van der Waals surface area contributed by atoms with Gasteiger partial charge in [0.25, 0.3) is 0 Å². The SMILES string of the molecule is CCNC(c1ccc(C)cc1F)c1cc(F)ccc1OC. The zero-order chi connectivity index (χ0) is 15.4. The summed E-state index contributed by atoms with van der Waals surface area (Å²) in [6, 6.07) is 8.85. The van der Waals surface area contributed by atoms with Gasteiger partial charge in [0.1, 0.15) is 17.4 Å². The van der Waals surface area contributed by atoms with E-state index in [0.29, 0.717) is 23.4 Å². The molecule has 0 amide bonds. The molecule has 0 aliphatic heterocycles. The minimum absolute atomic E-state index is 0.313. The van der Waals surface area contributed by atoms with Crippen LogP contribution in [0.2, 0.25) is 0 Å². The van der Waals surface area contributed by atoms with Crippen LogP contribution in [0, 0.1) is 18.6 Å². The smallest absolute Gasteiger partial charge is 0.128 e. The van der Waals surface area contributed by atoms with E-state index in [0.717, 1.165) is 5.56 Å². The first-order chi connectivity index (χ1) is 10.1. The van der Waals surface area contributed by atoms with Crippen LogP contribution in [0.25, 0.3) is 0 Å². The van der Waals surface area contributed by atoms with Crippen LogP contribution in [0.4, 0.5) is 8.78 Å². The highest BCUT2D eigenvalue weighted by Gasteiger charge is 2.21. The molecule has 0 aliphatic rings. The summed E-state index contributed by atoms with van der Waals surface area (Å²) < 4.78 is 33.1. The Balaban J connectivity index is 2.55. The molecule has 0 saturated heterocycles. The Morgan fingerprint density at radius 2 is 1.86 bits per heavy atom. The minimum Gasteiger partial charge on any atom is -0.496 e. The molecule has 0 aliphatic carbocycles. The Hall–Kier alpha value is -1.94. The van der Waals surface area contributed by atoms with Crippen molar-refractivity contribution in [2.75, 3.05) is 13.7 Å². The molecule has 2 aromatic rings. The lowest BCUT2D eigenvalue weighted by atomic mass is 9.96. The van der Waals surface area contributed by atoms with Crippen LogP contribution in [0.1, 0.15) is 29.7 Å². The Morgan fingerprint density at radius 3 is 2.48 bits per heavy atom. The van der Waals surface area contributed by atoms with Crippen molar-refractivity contribution in [2.45, 2.75) is 19.9 Å². The molecule has 0 saturated carbocycles. The van der Waals surface area contributed by atoms with Crippen LogP contribution in [-0.2, 0) is 0 Å². The van der Waals surface area contributed by atoms with Crippen molar-refractivity contribution >= 4 is 0 Å².